The van der Waals surface area contributed by atoms with E-state index in [1.165, 1.54) is 7.11 Å². The molecule has 0 atom stereocenters. The quantitative estimate of drug-likeness (QED) is 0.796. The van der Waals surface area contributed by atoms with Gasteiger partial charge in [-0.05, 0) is 28.1 Å². The van der Waals surface area contributed by atoms with E-state index in [0.29, 0.717) is 26.0 Å². The zero-order chi connectivity index (χ0) is 11.9. The van der Waals surface area contributed by atoms with Gasteiger partial charge in [0.15, 0.2) is 0 Å². The lowest BCUT2D eigenvalue weighted by Crippen LogP contribution is -2.03. The normalized spacial score (nSPS) is 10.7. The lowest BCUT2D eigenvalue weighted by Gasteiger charge is -1.99. The van der Waals surface area contributed by atoms with E-state index in [9.17, 15) is 4.79 Å². The Morgan fingerprint density at radius 1 is 1.56 bits per heavy atom. The number of fused-ring (bicyclic) bond motifs is 1. The molecule has 0 radical (unpaired) electrons. The van der Waals surface area contributed by atoms with E-state index in [2.05, 4.69) is 25.7 Å². The first-order valence-electron chi connectivity index (χ1n) is 4.39. The fourth-order valence-electron chi connectivity index (χ4n) is 1.53. The third-order valence-electron chi connectivity index (χ3n) is 2.26. The summed E-state index contributed by atoms with van der Waals surface area (Å²) < 4.78 is 5.37. The van der Waals surface area contributed by atoms with Gasteiger partial charge in [0.05, 0.1) is 12.1 Å². The van der Waals surface area contributed by atoms with Crippen molar-refractivity contribution in [2.45, 2.75) is 0 Å². The number of benzene rings is 1. The van der Waals surface area contributed by atoms with Crippen molar-refractivity contribution in [1.29, 1.82) is 0 Å². The molecule has 16 heavy (non-hydrogen) atoms. The molecular formula is C10H8BrClN2O2. The molecule has 0 bridgehead atoms. The summed E-state index contributed by atoms with van der Waals surface area (Å²) in [7, 11) is 1.31. The second-order valence-electron chi connectivity index (χ2n) is 3.22. The molecule has 6 heteroatoms. The first-order chi connectivity index (χ1) is 7.54. The maximum atomic E-state index is 11.5. The SMILES string of the molecule is COC(=O)c1c(N)[nH]c2cc(Cl)c(Br)cc12. The Kier molecular flexibility index (Phi) is 2.82. The molecule has 0 fully saturated rings. The molecule has 0 unspecified atom stereocenters. The van der Waals surface area contributed by atoms with Crippen LogP contribution in [0.3, 0.4) is 0 Å². The van der Waals surface area contributed by atoms with Gasteiger partial charge < -0.3 is 15.5 Å². The number of H-pyrrole nitrogens is 1. The van der Waals surface area contributed by atoms with Crippen molar-refractivity contribution >= 4 is 50.2 Å². The van der Waals surface area contributed by atoms with Crippen LogP contribution in [-0.2, 0) is 4.74 Å². The number of methoxy groups -OCH3 is 1. The third-order valence-corrected chi connectivity index (χ3v) is 3.46. The van der Waals surface area contributed by atoms with Gasteiger partial charge in [0.2, 0.25) is 0 Å². The summed E-state index contributed by atoms with van der Waals surface area (Å²) in [5.41, 5.74) is 6.74. The van der Waals surface area contributed by atoms with Crippen LogP contribution in [0, 0.1) is 0 Å². The highest BCUT2D eigenvalue weighted by Crippen LogP contribution is 2.32. The summed E-state index contributed by atoms with van der Waals surface area (Å²) in [5, 5.41) is 1.23. The number of aromatic amines is 1. The molecule has 3 N–H and O–H groups in total. The summed E-state index contributed by atoms with van der Waals surface area (Å²) in [6.07, 6.45) is 0. The second-order valence-corrected chi connectivity index (χ2v) is 4.48. The molecule has 1 heterocycles. The molecule has 0 aliphatic rings. The molecular weight excluding hydrogens is 295 g/mol. The molecule has 0 spiro atoms. The average Bonchev–Trinajstić information content (AvgIpc) is 2.54. The van der Waals surface area contributed by atoms with Crippen LogP contribution >= 0.6 is 27.5 Å². The Balaban J connectivity index is 2.79. The van der Waals surface area contributed by atoms with Gasteiger partial charge in [-0.2, -0.15) is 0 Å². The maximum Gasteiger partial charge on any atom is 0.342 e. The lowest BCUT2D eigenvalue weighted by atomic mass is 10.1. The molecule has 0 saturated heterocycles. The number of carbonyl (C=O) groups is 1. The van der Waals surface area contributed by atoms with E-state index in [-0.39, 0.29) is 5.82 Å². The Morgan fingerprint density at radius 2 is 2.25 bits per heavy atom. The van der Waals surface area contributed by atoms with Crippen molar-refractivity contribution in [2.75, 3.05) is 12.8 Å². The number of carbonyl (C=O) groups excluding carboxylic acids is 1. The Labute approximate surface area is 105 Å². The van der Waals surface area contributed by atoms with Gasteiger partial charge >= 0.3 is 5.97 Å². The van der Waals surface area contributed by atoms with Gasteiger partial charge in [-0.15, -0.1) is 0 Å². The number of rotatable bonds is 1. The lowest BCUT2D eigenvalue weighted by molar-refractivity contribution is 0.0604. The Hall–Kier alpha value is -1.20. The first-order valence-corrected chi connectivity index (χ1v) is 5.56. The van der Waals surface area contributed by atoms with Crippen LogP contribution in [0.2, 0.25) is 5.02 Å². The van der Waals surface area contributed by atoms with Crippen LogP contribution in [0.5, 0.6) is 0 Å². The minimum absolute atomic E-state index is 0.274. The monoisotopic (exact) mass is 302 g/mol. The van der Waals surface area contributed by atoms with Gasteiger partial charge in [-0.3, -0.25) is 0 Å². The molecule has 0 aliphatic carbocycles. The fourth-order valence-corrected chi connectivity index (χ4v) is 2.04. The van der Waals surface area contributed by atoms with Gasteiger partial charge in [-0.25, -0.2) is 4.79 Å². The summed E-state index contributed by atoms with van der Waals surface area (Å²) in [6, 6.07) is 3.43. The number of ether oxygens (including phenoxy) is 1. The summed E-state index contributed by atoms with van der Waals surface area (Å²) in [5.74, 6) is -0.200. The highest BCUT2D eigenvalue weighted by atomic mass is 79.9. The van der Waals surface area contributed by atoms with Crippen LogP contribution in [0.25, 0.3) is 10.9 Å². The molecule has 84 valence electrons. The topological polar surface area (TPSA) is 68.1 Å². The van der Waals surface area contributed by atoms with Crippen molar-refractivity contribution in [1.82, 2.24) is 4.98 Å². The van der Waals surface area contributed by atoms with Crippen LogP contribution in [0.4, 0.5) is 5.82 Å². The molecule has 1 aromatic heterocycles. The number of halogens is 2. The van der Waals surface area contributed by atoms with Crippen molar-refractivity contribution in [3.05, 3.63) is 27.2 Å². The van der Waals surface area contributed by atoms with Gasteiger partial charge in [0, 0.05) is 15.4 Å². The summed E-state index contributed by atoms with van der Waals surface area (Å²) >= 11 is 9.23. The Bertz CT molecular complexity index is 580. The van der Waals surface area contributed by atoms with Crippen molar-refractivity contribution < 1.29 is 9.53 Å². The van der Waals surface area contributed by atoms with E-state index in [4.69, 9.17) is 17.3 Å². The van der Waals surface area contributed by atoms with E-state index in [0.717, 1.165) is 0 Å². The smallest absolute Gasteiger partial charge is 0.342 e. The molecule has 0 aliphatic heterocycles. The maximum absolute atomic E-state index is 11.5. The predicted molar refractivity (Wildman–Crippen MR) is 66.8 cm³/mol. The highest BCUT2D eigenvalue weighted by molar-refractivity contribution is 9.10. The van der Waals surface area contributed by atoms with E-state index in [1.54, 1.807) is 12.1 Å². The molecule has 4 nitrogen and oxygen atoms in total. The van der Waals surface area contributed by atoms with Crippen LogP contribution in [0.15, 0.2) is 16.6 Å². The molecule has 2 rings (SSSR count). The first kappa shape index (κ1) is 11.3. The fraction of sp³-hybridized carbons (Fsp3) is 0.100. The highest BCUT2D eigenvalue weighted by Gasteiger charge is 2.18. The number of esters is 1. The van der Waals surface area contributed by atoms with Crippen LogP contribution < -0.4 is 5.73 Å². The number of hydrogen-bond donors (Lipinski definition) is 2. The predicted octanol–water partition coefficient (Wildman–Crippen LogP) is 2.95. The van der Waals surface area contributed by atoms with E-state index >= 15 is 0 Å². The summed E-state index contributed by atoms with van der Waals surface area (Å²) in [6.45, 7) is 0. The molecule has 1 aromatic carbocycles. The van der Waals surface area contributed by atoms with Gasteiger partial charge in [0.25, 0.3) is 0 Å². The largest absolute Gasteiger partial charge is 0.465 e. The van der Waals surface area contributed by atoms with Gasteiger partial charge in [-0.1, -0.05) is 11.6 Å². The number of aromatic nitrogens is 1. The van der Waals surface area contributed by atoms with Gasteiger partial charge in [0.1, 0.15) is 11.4 Å². The number of nitrogens with two attached hydrogens (primary N) is 1. The molecule has 0 amide bonds. The zero-order valence-electron chi connectivity index (χ0n) is 8.30. The minimum atomic E-state index is -0.474. The number of hydrogen-bond acceptors (Lipinski definition) is 3. The van der Waals surface area contributed by atoms with Crippen molar-refractivity contribution in [3.63, 3.8) is 0 Å². The van der Waals surface area contributed by atoms with Crippen LogP contribution in [0.1, 0.15) is 10.4 Å². The van der Waals surface area contributed by atoms with Crippen molar-refractivity contribution in [2.24, 2.45) is 0 Å². The second kappa shape index (κ2) is 3.99. The summed E-state index contributed by atoms with van der Waals surface area (Å²) in [4.78, 5) is 14.4. The third kappa shape index (κ3) is 1.66. The Morgan fingerprint density at radius 3 is 2.88 bits per heavy atom. The number of anilines is 1. The zero-order valence-corrected chi connectivity index (χ0v) is 10.6. The number of nitrogens with one attached hydrogen (secondary N) is 1. The van der Waals surface area contributed by atoms with E-state index < -0.39 is 5.97 Å². The standard InChI is InChI=1S/C10H8BrClN2O2/c1-16-10(15)8-4-2-5(11)6(12)3-7(4)14-9(8)13/h2-3,14H,13H2,1H3. The average molecular weight is 304 g/mol. The van der Waals surface area contributed by atoms with Crippen LogP contribution in [-0.4, -0.2) is 18.1 Å². The molecule has 2 aromatic rings. The number of nitrogen functional groups attached to an aromatic ring is 1. The molecule has 0 saturated carbocycles. The minimum Gasteiger partial charge on any atom is -0.465 e. The van der Waals surface area contributed by atoms with Crippen molar-refractivity contribution in [3.8, 4) is 0 Å². The van der Waals surface area contributed by atoms with E-state index in [1.807, 2.05) is 0 Å².